The average molecular weight is 254 g/mol. The molecule has 96 valence electrons. The van der Waals surface area contributed by atoms with Crippen molar-refractivity contribution >= 4 is 5.57 Å². The van der Waals surface area contributed by atoms with E-state index in [4.69, 9.17) is 11.5 Å². The first-order valence-corrected chi connectivity index (χ1v) is 5.42. The summed E-state index contributed by atoms with van der Waals surface area (Å²) in [5, 5.41) is 0. The van der Waals surface area contributed by atoms with Gasteiger partial charge in [0.2, 0.25) is 0 Å². The molecule has 0 saturated carbocycles. The molecule has 5 heteroatoms. The summed E-state index contributed by atoms with van der Waals surface area (Å²) in [5.74, 6) is 0. The van der Waals surface area contributed by atoms with E-state index in [2.05, 4.69) is 0 Å². The third kappa shape index (κ3) is 2.01. The van der Waals surface area contributed by atoms with Crippen molar-refractivity contribution in [2.24, 2.45) is 11.5 Å². The highest BCUT2D eigenvalue weighted by atomic mass is 19.4. The van der Waals surface area contributed by atoms with E-state index in [-0.39, 0.29) is 12.1 Å². The molecule has 1 atom stereocenters. The minimum Gasteiger partial charge on any atom is -0.400 e. The van der Waals surface area contributed by atoms with Crippen LogP contribution in [0.15, 0.2) is 48.2 Å². The van der Waals surface area contributed by atoms with Crippen LogP contribution in [0.3, 0.4) is 0 Å². The fourth-order valence-corrected chi connectivity index (χ4v) is 1.91. The molecule has 0 aromatic heterocycles. The lowest BCUT2D eigenvalue weighted by molar-refractivity contribution is -0.173. The van der Waals surface area contributed by atoms with Gasteiger partial charge in [0.25, 0.3) is 0 Å². The quantitative estimate of drug-likeness (QED) is 0.809. The molecular weight excluding hydrogens is 241 g/mol. The molecule has 0 radical (unpaired) electrons. The molecule has 1 aliphatic rings. The van der Waals surface area contributed by atoms with Crippen molar-refractivity contribution in [1.29, 1.82) is 0 Å². The van der Waals surface area contributed by atoms with E-state index >= 15 is 0 Å². The Kier molecular flexibility index (Phi) is 2.94. The van der Waals surface area contributed by atoms with Crippen LogP contribution < -0.4 is 11.5 Å². The van der Waals surface area contributed by atoms with Crippen molar-refractivity contribution in [3.05, 3.63) is 53.7 Å². The molecule has 0 bridgehead atoms. The van der Waals surface area contributed by atoms with Crippen molar-refractivity contribution in [3.63, 3.8) is 0 Å². The van der Waals surface area contributed by atoms with Crippen molar-refractivity contribution in [1.82, 2.24) is 0 Å². The smallest absolute Gasteiger partial charge is 0.400 e. The third-order valence-corrected chi connectivity index (χ3v) is 3.10. The van der Waals surface area contributed by atoms with Crippen molar-refractivity contribution in [2.75, 3.05) is 0 Å². The molecule has 0 amide bonds. The van der Waals surface area contributed by atoms with Gasteiger partial charge in [-0.25, -0.2) is 0 Å². The summed E-state index contributed by atoms with van der Waals surface area (Å²) in [6, 6.07) is 8.83. The highest BCUT2D eigenvalue weighted by molar-refractivity contribution is 5.70. The van der Waals surface area contributed by atoms with Gasteiger partial charge >= 0.3 is 6.18 Å². The Morgan fingerprint density at radius 1 is 1.06 bits per heavy atom. The van der Waals surface area contributed by atoms with Crippen LogP contribution in [0.5, 0.6) is 0 Å². The van der Waals surface area contributed by atoms with E-state index in [1.807, 2.05) is 0 Å². The van der Waals surface area contributed by atoms with Gasteiger partial charge in [0.05, 0.1) is 0 Å². The number of hydrogen-bond donors (Lipinski definition) is 2. The molecule has 1 unspecified atom stereocenters. The van der Waals surface area contributed by atoms with E-state index in [1.54, 1.807) is 36.4 Å². The zero-order chi connectivity index (χ0) is 13.4. The molecule has 2 rings (SSSR count). The molecule has 2 nitrogen and oxygen atoms in total. The fraction of sp³-hybridized carbons (Fsp3) is 0.231. The van der Waals surface area contributed by atoms with Crippen LogP contribution in [0.4, 0.5) is 13.2 Å². The zero-order valence-electron chi connectivity index (χ0n) is 9.54. The maximum absolute atomic E-state index is 13.0. The number of alkyl halides is 3. The normalized spacial score (nSPS) is 24.4. The SMILES string of the molecule is NC1=CC=C(c2ccccc2)CC1(N)C(F)(F)F. The zero-order valence-corrected chi connectivity index (χ0v) is 9.54. The van der Waals surface area contributed by atoms with Gasteiger partial charge in [-0.3, -0.25) is 0 Å². The Bertz CT molecular complexity index is 503. The van der Waals surface area contributed by atoms with Crippen LogP contribution in [0.25, 0.3) is 5.57 Å². The summed E-state index contributed by atoms with van der Waals surface area (Å²) in [6.45, 7) is 0. The van der Waals surface area contributed by atoms with E-state index in [0.29, 0.717) is 5.57 Å². The molecule has 0 spiro atoms. The largest absolute Gasteiger partial charge is 0.412 e. The monoisotopic (exact) mass is 254 g/mol. The Morgan fingerprint density at radius 3 is 2.22 bits per heavy atom. The molecule has 0 aliphatic heterocycles. The summed E-state index contributed by atoms with van der Waals surface area (Å²) in [5.41, 5.74) is 9.28. The van der Waals surface area contributed by atoms with Gasteiger partial charge in [0, 0.05) is 12.1 Å². The van der Waals surface area contributed by atoms with Crippen LogP contribution >= 0.6 is 0 Å². The molecule has 1 aromatic rings. The molecule has 18 heavy (non-hydrogen) atoms. The summed E-state index contributed by atoms with van der Waals surface area (Å²) in [4.78, 5) is 0. The second kappa shape index (κ2) is 4.17. The summed E-state index contributed by atoms with van der Waals surface area (Å²) in [7, 11) is 0. The van der Waals surface area contributed by atoms with Gasteiger partial charge in [-0.2, -0.15) is 13.2 Å². The van der Waals surface area contributed by atoms with E-state index in [1.165, 1.54) is 6.08 Å². The van der Waals surface area contributed by atoms with Crippen molar-refractivity contribution in [3.8, 4) is 0 Å². The molecule has 0 saturated heterocycles. The predicted molar refractivity (Wildman–Crippen MR) is 64.3 cm³/mol. The van der Waals surface area contributed by atoms with Gasteiger partial charge in [-0.15, -0.1) is 0 Å². The summed E-state index contributed by atoms with van der Waals surface area (Å²) >= 11 is 0. The lowest BCUT2D eigenvalue weighted by Gasteiger charge is -2.35. The Balaban J connectivity index is 2.40. The van der Waals surface area contributed by atoms with Crippen molar-refractivity contribution < 1.29 is 13.2 Å². The number of rotatable bonds is 1. The van der Waals surface area contributed by atoms with Crippen LogP contribution in [-0.2, 0) is 0 Å². The molecule has 1 aliphatic carbocycles. The molecular formula is C13H13F3N2. The van der Waals surface area contributed by atoms with Gasteiger partial charge in [-0.05, 0) is 17.2 Å². The van der Waals surface area contributed by atoms with Crippen LogP contribution in [0.1, 0.15) is 12.0 Å². The van der Waals surface area contributed by atoms with Crippen LogP contribution in [-0.4, -0.2) is 11.7 Å². The van der Waals surface area contributed by atoms with Gasteiger partial charge in [-0.1, -0.05) is 36.4 Å². The lowest BCUT2D eigenvalue weighted by Crippen LogP contribution is -2.57. The number of benzene rings is 1. The second-order valence-corrected chi connectivity index (χ2v) is 4.33. The van der Waals surface area contributed by atoms with E-state index in [0.717, 1.165) is 5.56 Å². The van der Waals surface area contributed by atoms with E-state index in [9.17, 15) is 13.2 Å². The maximum Gasteiger partial charge on any atom is 0.412 e. The first kappa shape index (κ1) is 12.7. The lowest BCUT2D eigenvalue weighted by atomic mass is 9.81. The van der Waals surface area contributed by atoms with E-state index < -0.39 is 11.7 Å². The van der Waals surface area contributed by atoms with Crippen LogP contribution in [0, 0.1) is 0 Å². The molecule has 1 aromatic carbocycles. The Labute approximate surface area is 103 Å². The first-order valence-electron chi connectivity index (χ1n) is 5.42. The van der Waals surface area contributed by atoms with Gasteiger partial charge in [0.15, 0.2) is 5.54 Å². The topological polar surface area (TPSA) is 52.0 Å². The Morgan fingerprint density at radius 2 is 1.67 bits per heavy atom. The second-order valence-electron chi connectivity index (χ2n) is 4.33. The number of halogens is 3. The van der Waals surface area contributed by atoms with Gasteiger partial charge in [0.1, 0.15) is 0 Å². The molecule has 4 N–H and O–H groups in total. The number of nitrogens with two attached hydrogens (primary N) is 2. The minimum absolute atomic E-state index is 0.344. The summed E-state index contributed by atoms with van der Waals surface area (Å²) < 4.78 is 39.0. The number of allylic oxidation sites excluding steroid dienone is 2. The Hall–Kier alpha value is -1.75. The third-order valence-electron chi connectivity index (χ3n) is 3.10. The average Bonchev–Trinajstić information content (AvgIpc) is 2.32. The highest BCUT2D eigenvalue weighted by Crippen LogP contribution is 2.41. The molecule has 0 heterocycles. The molecule has 0 fully saturated rings. The summed E-state index contributed by atoms with van der Waals surface area (Å²) in [6.07, 6.45) is -2.09. The fourth-order valence-electron chi connectivity index (χ4n) is 1.91. The maximum atomic E-state index is 13.0. The van der Waals surface area contributed by atoms with Crippen LogP contribution in [0.2, 0.25) is 0 Å². The van der Waals surface area contributed by atoms with Gasteiger partial charge < -0.3 is 11.5 Å². The minimum atomic E-state index is -4.57. The standard InChI is InChI=1S/C13H13F3N2/c14-13(15,16)12(18)8-10(6-7-11(12)17)9-4-2-1-3-5-9/h1-7H,8,17-18H2. The highest BCUT2D eigenvalue weighted by Gasteiger charge is 2.54. The first-order chi connectivity index (χ1) is 8.34. The number of hydrogen-bond acceptors (Lipinski definition) is 2. The van der Waals surface area contributed by atoms with Crippen molar-refractivity contribution in [2.45, 2.75) is 18.1 Å². The predicted octanol–water partition coefficient (Wildman–Crippen LogP) is 2.58.